The number of amides is 1. The molecule has 30 heavy (non-hydrogen) atoms. The Labute approximate surface area is 174 Å². The van der Waals surface area contributed by atoms with Crippen molar-refractivity contribution < 1.29 is 9.53 Å². The van der Waals surface area contributed by atoms with E-state index >= 15 is 0 Å². The van der Waals surface area contributed by atoms with Gasteiger partial charge < -0.3 is 15.4 Å². The molecule has 0 bridgehead atoms. The molecule has 0 radical (unpaired) electrons. The van der Waals surface area contributed by atoms with Crippen LogP contribution >= 0.6 is 0 Å². The summed E-state index contributed by atoms with van der Waals surface area (Å²) in [5.41, 5.74) is 3.20. The lowest BCUT2D eigenvalue weighted by Gasteiger charge is -2.10. The Kier molecular flexibility index (Phi) is 5.96. The predicted octanol–water partition coefficient (Wildman–Crippen LogP) is 4.90. The second-order valence-corrected chi connectivity index (χ2v) is 6.49. The van der Waals surface area contributed by atoms with Crippen molar-refractivity contribution in [2.24, 2.45) is 0 Å². The van der Waals surface area contributed by atoms with Gasteiger partial charge in [0.1, 0.15) is 5.75 Å². The molecule has 4 aromatic rings. The van der Waals surface area contributed by atoms with Gasteiger partial charge in [-0.1, -0.05) is 48.5 Å². The van der Waals surface area contributed by atoms with E-state index in [-0.39, 0.29) is 12.5 Å². The highest BCUT2D eigenvalue weighted by molar-refractivity contribution is 5.92. The molecular weight excluding hydrogens is 376 g/mol. The summed E-state index contributed by atoms with van der Waals surface area (Å²) in [6.45, 7) is -0.0626. The zero-order valence-corrected chi connectivity index (χ0v) is 16.2. The molecule has 0 aliphatic carbocycles. The van der Waals surface area contributed by atoms with E-state index in [1.807, 2.05) is 91.0 Å². The largest absolute Gasteiger partial charge is 0.484 e. The quantitative estimate of drug-likeness (QED) is 0.464. The van der Waals surface area contributed by atoms with E-state index < -0.39 is 0 Å². The Morgan fingerprint density at radius 1 is 0.833 bits per heavy atom. The topological polar surface area (TPSA) is 76.1 Å². The summed E-state index contributed by atoms with van der Waals surface area (Å²) in [5.74, 6) is 0.926. The maximum absolute atomic E-state index is 12.2. The summed E-state index contributed by atoms with van der Waals surface area (Å²) in [6, 6.07) is 28.3. The van der Waals surface area contributed by atoms with Gasteiger partial charge in [0.2, 0.25) is 5.95 Å². The highest BCUT2D eigenvalue weighted by Crippen LogP contribution is 2.22. The molecule has 1 aromatic heterocycles. The van der Waals surface area contributed by atoms with E-state index in [1.165, 1.54) is 0 Å². The van der Waals surface area contributed by atoms with Crippen molar-refractivity contribution in [2.75, 3.05) is 17.2 Å². The minimum absolute atomic E-state index is 0.0626. The monoisotopic (exact) mass is 396 g/mol. The second-order valence-electron chi connectivity index (χ2n) is 6.49. The summed E-state index contributed by atoms with van der Waals surface area (Å²) in [6.07, 6.45) is 1.70. The summed E-state index contributed by atoms with van der Waals surface area (Å²) in [5, 5.41) is 6.04. The normalized spacial score (nSPS) is 10.3. The van der Waals surface area contributed by atoms with Crippen LogP contribution in [-0.4, -0.2) is 22.5 Å². The third-order valence-electron chi connectivity index (χ3n) is 4.24. The zero-order chi connectivity index (χ0) is 20.6. The van der Waals surface area contributed by atoms with Crippen molar-refractivity contribution in [3.63, 3.8) is 0 Å². The third-order valence-corrected chi connectivity index (χ3v) is 4.24. The minimum Gasteiger partial charge on any atom is -0.484 e. The number of aromatic nitrogens is 2. The lowest BCUT2D eigenvalue weighted by Crippen LogP contribution is -2.20. The van der Waals surface area contributed by atoms with E-state index in [0.29, 0.717) is 17.4 Å². The fraction of sp³-hybridized carbons (Fsp3) is 0.0417. The lowest BCUT2D eigenvalue weighted by atomic mass is 10.1. The van der Waals surface area contributed by atoms with Crippen LogP contribution in [0.3, 0.4) is 0 Å². The number of hydrogen-bond donors (Lipinski definition) is 2. The van der Waals surface area contributed by atoms with Gasteiger partial charge in [0.15, 0.2) is 6.61 Å². The maximum Gasteiger partial charge on any atom is 0.262 e. The number of nitrogens with zero attached hydrogens (tertiary/aromatic N) is 2. The zero-order valence-electron chi connectivity index (χ0n) is 16.2. The van der Waals surface area contributed by atoms with Gasteiger partial charge in [0.05, 0.1) is 5.69 Å². The second kappa shape index (κ2) is 9.34. The first-order valence-electron chi connectivity index (χ1n) is 9.49. The van der Waals surface area contributed by atoms with Crippen LogP contribution in [0.5, 0.6) is 5.75 Å². The molecule has 0 fully saturated rings. The lowest BCUT2D eigenvalue weighted by molar-refractivity contribution is -0.118. The molecule has 0 aliphatic heterocycles. The fourth-order valence-corrected chi connectivity index (χ4v) is 2.85. The standard InChI is InChI=1S/C24H20N4O2/c29-23(17-30-21-12-5-2-6-13-21)26-20-11-7-8-18(16-20)22-14-15-25-24(28-22)27-19-9-3-1-4-10-19/h1-16H,17H2,(H,26,29)(H,25,27,28). The number of nitrogens with one attached hydrogen (secondary N) is 2. The molecule has 0 aliphatic rings. The van der Waals surface area contributed by atoms with Gasteiger partial charge in [0, 0.05) is 23.1 Å². The van der Waals surface area contributed by atoms with Crippen LogP contribution < -0.4 is 15.4 Å². The van der Waals surface area contributed by atoms with Crippen molar-refractivity contribution in [3.8, 4) is 17.0 Å². The molecule has 0 atom stereocenters. The summed E-state index contributed by atoms with van der Waals surface area (Å²) < 4.78 is 5.49. The van der Waals surface area contributed by atoms with Crippen LogP contribution in [0.2, 0.25) is 0 Å². The minimum atomic E-state index is -0.231. The van der Waals surface area contributed by atoms with E-state index in [9.17, 15) is 4.79 Å². The smallest absolute Gasteiger partial charge is 0.262 e. The van der Waals surface area contributed by atoms with Crippen LogP contribution in [0.15, 0.2) is 97.2 Å². The number of carbonyl (C=O) groups excluding carboxylic acids is 1. The van der Waals surface area contributed by atoms with Crippen molar-refractivity contribution in [3.05, 3.63) is 97.2 Å². The molecule has 148 valence electrons. The number of anilines is 3. The van der Waals surface area contributed by atoms with Crippen molar-refractivity contribution in [1.82, 2.24) is 9.97 Å². The van der Waals surface area contributed by atoms with Gasteiger partial charge in [-0.05, 0) is 42.5 Å². The average Bonchev–Trinajstić information content (AvgIpc) is 2.79. The Hall–Kier alpha value is -4.19. The maximum atomic E-state index is 12.2. The molecule has 0 saturated carbocycles. The van der Waals surface area contributed by atoms with Crippen molar-refractivity contribution >= 4 is 23.2 Å². The summed E-state index contributed by atoms with van der Waals surface area (Å²) in [7, 11) is 0. The molecule has 4 rings (SSSR count). The van der Waals surface area contributed by atoms with Crippen molar-refractivity contribution in [2.45, 2.75) is 0 Å². The highest BCUT2D eigenvalue weighted by atomic mass is 16.5. The van der Waals surface area contributed by atoms with Crippen LogP contribution in [0.1, 0.15) is 0 Å². The summed E-state index contributed by atoms with van der Waals surface area (Å²) >= 11 is 0. The molecule has 3 aromatic carbocycles. The fourth-order valence-electron chi connectivity index (χ4n) is 2.85. The molecule has 1 heterocycles. The Morgan fingerprint density at radius 2 is 1.57 bits per heavy atom. The van der Waals surface area contributed by atoms with Crippen molar-refractivity contribution in [1.29, 1.82) is 0 Å². The number of para-hydroxylation sites is 2. The summed E-state index contributed by atoms with van der Waals surface area (Å²) in [4.78, 5) is 21.1. The predicted molar refractivity (Wildman–Crippen MR) is 118 cm³/mol. The third kappa shape index (κ3) is 5.20. The van der Waals surface area contributed by atoms with Gasteiger partial charge in [-0.15, -0.1) is 0 Å². The van der Waals surface area contributed by atoms with Gasteiger partial charge >= 0.3 is 0 Å². The van der Waals surface area contributed by atoms with E-state index in [0.717, 1.165) is 16.9 Å². The highest BCUT2D eigenvalue weighted by Gasteiger charge is 2.07. The Balaban J connectivity index is 1.43. The molecule has 6 heteroatoms. The number of rotatable bonds is 7. The van der Waals surface area contributed by atoms with Gasteiger partial charge in [-0.2, -0.15) is 0 Å². The molecule has 1 amide bonds. The number of hydrogen-bond acceptors (Lipinski definition) is 5. The van der Waals surface area contributed by atoms with E-state index in [2.05, 4.69) is 20.6 Å². The molecular formula is C24H20N4O2. The van der Waals surface area contributed by atoms with Crippen LogP contribution in [0.25, 0.3) is 11.3 Å². The first-order chi connectivity index (χ1) is 14.8. The Bertz CT molecular complexity index is 1120. The van der Waals surface area contributed by atoms with Crippen LogP contribution in [0.4, 0.5) is 17.3 Å². The molecule has 0 saturated heterocycles. The van der Waals surface area contributed by atoms with Gasteiger partial charge in [-0.25, -0.2) is 9.97 Å². The van der Waals surface area contributed by atoms with E-state index in [1.54, 1.807) is 6.20 Å². The Morgan fingerprint density at radius 3 is 2.37 bits per heavy atom. The van der Waals surface area contributed by atoms with Crippen LogP contribution in [-0.2, 0) is 4.79 Å². The number of benzene rings is 3. The van der Waals surface area contributed by atoms with E-state index in [4.69, 9.17) is 4.74 Å². The SMILES string of the molecule is O=C(COc1ccccc1)Nc1cccc(-c2ccnc(Nc3ccccc3)n2)c1. The number of ether oxygens (including phenoxy) is 1. The number of carbonyl (C=O) groups is 1. The van der Waals surface area contributed by atoms with Crippen LogP contribution in [0, 0.1) is 0 Å². The molecule has 6 nitrogen and oxygen atoms in total. The average molecular weight is 396 g/mol. The molecule has 2 N–H and O–H groups in total. The molecule has 0 unspecified atom stereocenters. The first-order valence-corrected chi connectivity index (χ1v) is 9.49. The first kappa shape index (κ1) is 19.1. The van der Waals surface area contributed by atoms with Gasteiger partial charge in [0.25, 0.3) is 5.91 Å². The van der Waals surface area contributed by atoms with Gasteiger partial charge in [-0.3, -0.25) is 4.79 Å². The molecule has 0 spiro atoms.